The minimum Gasteiger partial charge on any atom is -0.342 e. The highest BCUT2D eigenvalue weighted by Gasteiger charge is 2.27. The van der Waals surface area contributed by atoms with Crippen LogP contribution in [0.15, 0.2) is 45.7 Å². The number of aromatic nitrogens is 6. The third kappa shape index (κ3) is 3.39. The summed E-state index contributed by atoms with van der Waals surface area (Å²) in [5.41, 5.74) is 3.96. The standard InChI is InChI=1S/C22H22N8O2S/c1-13-23-17-9-7-15(12-20(17)33(31,32)27-13)22-24-18-11-14(21-25-28-29-26-21)8-10-19(18)30(22)16-5-3-2-4-6-16/h7-12,16H,2-6H2,1H3,(H,23,27)(H,25,26,28,29). The number of sulfonamides is 1. The molecule has 0 atom stereocenters. The van der Waals surface area contributed by atoms with Crippen LogP contribution in [0.1, 0.15) is 45.1 Å². The van der Waals surface area contributed by atoms with Crippen LogP contribution in [0.5, 0.6) is 0 Å². The zero-order valence-corrected chi connectivity index (χ0v) is 18.8. The first-order chi connectivity index (χ1) is 16.0. The Labute approximate surface area is 190 Å². The minimum absolute atomic E-state index is 0.168. The Morgan fingerprint density at radius 3 is 2.64 bits per heavy atom. The van der Waals surface area contributed by atoms with Crippen LogP contribution in [0.2, 0.25) is 0 Å². The number of hydrogen-bond acceptors (Lipinski definition) is 7. The van der Waals surface area contributed by atoms with Gasteiger partial charge in [-0.2, -0.15) is 8.42 Å². The third-order valence-electron chi connectivity index (χ3n) is 6.34. The first-order valence-corrected chi connectivity index (χ1v) is 12.4. The number of nitrogens with zero attached hydrogens (tertiary/aromatic N) is 6. The highest BCUT2D eigenvalue weighted by molar-refractivity contribution is 7.90. The first-order valence-electron chi connectivity index (χ1n) is 11.0. The molecular formula is C22H22N8O2S. The van der Waals surface area contributed by atoms with E-state index in [0.29, 0.717) is 23.4 Å². The average Bonchev–Trinajstić information content (AvgIpc) is 3.47. The van der Waals surface area contributed by atoms with Gasteiger partial charge in [-0.05, 0) is 66.6 Å². The fourth-order valence-corrected chi connectivity index (χ4v) is 6.04. The second-order valence-electron chi connectivity index (χ2n) is 8.54. The highest BCUT2D eigenvalue weighted by atomic mass is 32.2. The summed E-state index contributed by atoms with van der Waals surface area (Å²) in [7, 11) is -3.76. The average molecular weight is 463 g/mol. The Kier molecular flexibility index (Phi) is 4.54. The van der Waals surface area contributed by atoms with Gasteiger partial charge in [0.05, 0.1) is 16.7 Å². The molecule has 3 heterocycles. The van der Waals surface area contributed by atoms with E-state index in [1.807, 2.05) is 24.3 Å². The van der Waals surface area contributed by atoms with E-state index in [-0.39, 0.29) is 4.90 Å². The van der Waals surface area contributed by atoms with Crippen molar-refractivity contribution in [3.8, 4) is 22.8 Å². The Balaban J connectivity index is 1.55. The fourth-order valence-electron chi connectivity index (χ4n) is 4.87. The summed E-state index contributed by atoms with van der Waals surface area (Å²) in [5.74, 6) is 1.69. The van der Waals surface area contributed by atoms with Crippen molar-refractivity contribution in [1.29, 1.82) is 0 Å². The van der Waals surface area contributed by atoms with Crippen LogP contribution in [0, 0.1) is 0 Å². The summed E-state index contributed by atoms with van der Waals surface area (Å²) in [6.07, 6.45) is 5.71. The SMILES string of the molecule is CC1=NS(=O)(=O)c2cc(-c3nc4cc(-c5nnn[nH]5)ccc4n3C3CCCCC3)ccc2N1. The molecule has 2 N–H and O–H groups in total. The molecule has 4 aromatic rings. The van der Waals surface area contributed by atoms with E-state index >= 15 is 0 Å². The Morgan fingerprint density at radius 2 is 1.85 bits per heavy atom. The van der Waals surface area contributed by atoms with Gasteiger partial charge in [0.2, 0.25) is 0 Å². The van der Waals surface area contributed by atoms with Gasteiger partial charge >= 0.3 is 0 Å². The van der Waals surface area contributed by atoms with E-state index in [1.54, 1.807) is 19.1 Å². The van der Waals surface area contributed by atoms with Gasteiger partial charge in [-0.25, -0.2) is 10.1 Å². The van der Waals surface area contributed by atoms with Crippen molar-refractivity contribution in [2.45, 2.75) is 50.0 Å². The molecule has 1 fully saturated rings. The molecule has 2 aliphatic rings. The molecule has 2 aromatic heterocycles. The van der Waals surface area contributed by atoms with E-state index in [1.165, 1.54) is 19.3 Å². The summed E-state index contributed by atoms with van der Waals surface area (Å²) in [6, 6.07) is 11.7. The quantitative estimate of drug-likeness (QED) is 0.472. The van der Waals surface area contributed by atoms with Gasteiger partial charge in [-0.3, -0.25) is 0 Å². The molecule has 10 nitrogen and oxygen atoms in total. The topological polar surface area (TPSA) is 131 Å². The maximum atomic E-state index is 12.7. The van der Waals surface area contributed by atoms with Crippen molar-refractivity contribution < 1.29 is 8.42 Å². The van der Waals surface area contributed by atoms with Crippen molar-refractivity contribution in [3.63, 3.8) is 0 Å². The number of nitrogens with one attached hydrogen (secondary N) is 2. The number of amidine groups is 1. The minimum atomic E-state index is -3.76. The molecule has 1 aliphatic carbocycles. The van der Waals surface area contributed by atoms with E-state index in [9.17, 15) is 8.42 Å². The second kappa shape index (κ2) is 7.48. The molecule has 0 unspecified atom stereocenters. The van der Waals surface area contributed by atoms with Gasteiger partial charge in [0.25, 0.3) is 10.0 Å². The van der Waals surface area contributed by atoms with Gasteiger partial charge in [-0.15, -0.1) is 9.50 Å². The summed E-state index contributed by atoms with van der Waals surface area (Å²) in [5, 5.41) is 17.2. The highest BCUT2D eigenvalue weighted by Crippen LogP contribution is 2.38. The molecule has 11 heteroatoms. The van der Waals surface area contributed by atoms with Crippen LogP contribution in [0.25, 0.3) is 33.8 Å². The van der Waals surface area contributed by atoms with Gasteiger partial charge in [-0.1, -0.05) is 19.3 Å². The summed E-state index contributed by atoms with van der Waals surface area (Å²) >= 11 is 0. The molecule has 2 aromatic carbocycles. The normalized spacial score (nSPS) is 18.0. The van der Waals surface area contributed by atoms with E-state index in [4.69, 9.17) is 4.98 Å². The number of tetrazole rings is 1. The molecule has 0 saturated heterocycles. The fraction of sp³-hybridized carbons (Fsp3) is 0.318. The summed E-state index contributed by atoms with van der Waals surface area (Å²) in [6.45, 7) is 1.64. The number of fused-ring (bicyclic) bond motifs is 2. The van der Waals surface area contributed by atoms with Crippen LogP contribution in [0.3, 0.4) is 0 Å². The Morgan fingerprint density at radius 1 is 1.03 bits per heavy atom. The number of aromatic amines is 1. The predicted octanol–water partition coefficient (Wildman–Crippen LogP) is 3.92. The lowest BCUT2D eigenvalue weighted by Crippen LogP contribution is -2.19. The van der Waals surface area contributed by atoms with Gasteiger partial charge < -0.3 is 9.88 Å². The lowest BCUT2D eigenvalue weighted by Gasteiger charge is -2.26. The van der Waals surface area contributed by atoms with Crippen molar-refractivity contribution in [2.75, 3.05) is 5.32 Å². The molecule has 1 aliphatic heterocycles. The lowest BCUT2D eigenvalue weighted by molar-refractivity contribution is 0.362. The lowest BCUT2D eigenvalue weighted by atomic mass is 9.94. The molecule has 0 bridgehead atoms. The number of anilines is 1. The molecule has 1 saturated carbocycles. The van der Waals surface area contributed by atoms with Crippen molar-refractivity contribution in [2.24, 2.45) is 4.40 Å². The number of H-pyrrole nitrogens is 1. The molecule has 168 valence electrons. The predicted molar refractivity (Wildman–Crippen MR) is 124 cm³/mol. The molecule has 6 rings (SSSR count). The van der Waals surface area contributed by atoms with Crippen LogP contribution < -0.4 is 5.32 Å². The van der Waals surface area contributed by atoms with Crippen LogP contribution in [-0.4, -0.2) is 44.4 Å². The van der Waals surface area contributed by atoms with Crippen LogP contribution in [0.4, 0.5) is 5.69 Å². The number of rotatable bonds is 3. The van der Waals surface area contributed by atoms with Gasteiger partial charge in [0, 0.05) is 17.2 Å². The Bertz CT molecular complexity index is 1500. The smallest absolute Gasteiger partial charge is 0.286 e. The van der Waals surface area contributed by atoms with E-state index in [0.717, 1.165) is 40.8 Å². The van der Waals surface area contributed by atoms with Crippen LogP contribution in [-0.2, 0) is 10.0 Å². The third-order valence-corrected chi connectivity index (χ3v) is 7.75. The number of hydrogen-bond donors (Lipinski definition) is 2. The van der Waals surface area contributed by atoms with Gasteiger partial charge in [0.1, 0.15) is 16.6 Å². The molecule has 0 radical (unpaired) electrons. The molecule has 0 amide bonds. The van der Waals surface area contributed by atoms with E-state index in [2.05, 4.69) is 34.9 Å². The molecular weight excluding hydrogens is 440 g/mol. The zero-order chi connectivity index (χ0) is 22.6. The van der Waals surface area contributed by atoms with Gasteiger partial charge in [0.15, 0.2) is 5.82 Å². The van der Waals surface area contributed by atoms with Crippen LogP contribution >= 0.6 is 0 Å². The largest absolute Gasteiger partial charge is 0.342 e. The summed E-state index contributed by atoms with van der Waals surface area (Å²) < 4.78 is 31.5. The molecule has 33 heavy (non-hydrogen) atoms. The Hall–Kier alpha value is -3.60. The number of imidazole rings is 1. The maximum Gasteiger partial charge on any atom is 0.286 e. The number of benzene rings is 2. The van der Waals surface area contributed by atoms with Crippen molar-refractivity contribution >= 4 is 32.6 Å². The first kappa shape index (κ1) is 20.0. The molecule has 0 spiro atoms. The monoisotopic (exact) mass is 462 g/mol. The zero-order valence-electron chi connectivity index (χ0n) is 18.0. The van der Waals surface area contributed by atoms with E-state index < -0.39 is 10.0 Å². The maximum absolute atomic E-state index is 12.7. The van der Waals surface area contributed by atoms with Crippen molar-refractivity contribution in [1.82, 2.24) is 30.2 Å². The summed E-state index contributed by atoms with van der Waals surface area (Å²) in [4.78, 5) is 5.14. The second-order valence-corrected chi connectivity index (χ2v) is 10.1. The van der Waals surface area contributed by atoms with Crippen molar-refractivity contribution in [3.05, 3.63) is 36.4 Å².